The fourth-order valence-electron chi connectivity index (χ4n) is 1.40. The Morgan fingerprint density at radius 1 is 1.08 bits per heavy atom. The molecular formula is C12H18S. The first-order valence-electron chi connectivity index (χ1n) is 4.79. The van der Waals surface area contributed by atoms with E-state index in [1.807, 2.05) is 11.8 Å². The Morgan fingerprint density at radius 2 is 1.69 bits per heavy atom. The van der Waals surface area contributed by atoms with Crippen LogP contribution in [0.15, 0.2) is 29.2 Å². The maximum absolute atomic E-state index is 2.31. The quantitative estimate of drug-likeness (QED) is 0.651. The van der Waals surface area contributed by atoms with Crippen molar-refractivity contribution in [3.8, 4) is 0 Å². The highest BCUT2D eigenvalue weighted by atomic mass is 32.2. The lowest BCUT2D eigenvalue weighted by Gasteiger charge is -2.18. The molecule has 1 rings (SSSR count). The van der Waals surface area contributed by atoms with Gasteiger partial charge in [0.1, 0.15) is 0 Å². The maximum Gasteiger partial charge on any atom is 0.0104 e. The van der Waals surface area contributed by atoms with Gasteiger partial charge in [0, 0.05) is 4.90 Å². The van der Waals surface area contributed by atoms with Crippen molar-refractivity contribution in [1.29, 1.82) is 0 Å². The van der Waals surface area contributed by atoms with Gasteiger partial charge < -0.3 is 0 Å². The zero-order chi connectivity index (χ0) is 9.84. The molecular weight excluding hydrogens is 176 g/mol. The Kier molecular flexibility index (Phi) is 3.86. The standard InChI is InChI=1S/C12H18S/c1-9(2)10(3)11-7-5-6-8-12(11)13-4/h5-10H,1-4H3/t10-/m0/s1. The molecule has 0 amide bonds. The predicted octanol–water partition coefficient (Wildman–Crippen LogP) is 4.17. The van der Waals surface area contributed by atoms with Gasteiger partial charge in [-0.1, -0.05) is 39.0 Å². The zero-order valence-electron chi connectivity index (χ0n) is 8.87. The summed E-state index contributed by atoms with van der Waals surface area (Å²) >= 11 is 1.84. The molecule has 0 aliphatic heterocycles. The Hall–Kier alpha value is -0.430. The number of hydrogen-bond acceptors (Lipinski definition) is 1. The number of rotatable bonds is 3. The highest BCUT2D eigenvalue weighted by Gasteiger charge is 2.12. The molecule has 0 heterocycles. The molecule has 1 atom stereocenters. The Labute approximate surface area is 85.7 Å². The highest BCUT2D eigenvalue weighted by Crippen LogP contribution is 2.31. The van der Waals surface area contributed by atoms with Crippen LogP contribution < -0.4 is 0 Å². The maximum atomic E-state index is 2.31. The van der Waals surface area contributed by atoms with Crippen LogP contribution in [-0.4, -0.2) is 6.26 Å². The van der Waals surface area contributed by atoms with Crippen LogP contribution in [0.1, 0.15) is 32.3 Å². The highest BCUT2D eigenvalue weighted by molar-refractivity contribution is 7.98. The topological polar surface area (TPSA) is 0 Å². The van der Waals surface area contributed by atoms with Crippen molar-refractivity contribution in [2.24, 2.45) is 5.92 Å². The van der Waals surface area contributed by atoms with Crippen molar-refractivity contribution in [3.05, 3.63) is 29.8 Å². The van der Waals surface area contributed by atoms with Gasteiger partial charge in [-0.05, 0) is 29.7 Å². The molecule has 0 aliphatic carbocycles. The van der Waals surface area contributed by atoms with E-state index >= 15 is 0 Å². The van der Waals surface area contributed by atoms with Crippen LogP contribution in [0.25, 0.3) is 0 Å². The minimum Gasteiger partial charge on any atom is -0.129 e. The second kappa shape index (κ2) is 4.71. The molecule has 0 aromatic heterocycles. The summed E-state index contributed by atoms with van der Waals surface area (Å²) in [7, 11) is 0. The lowest BCUT2D eigenvalue weighted by molar-refractivity contribution is 0.528. The molecule has 0 bridgehead atoms. The van der Waals surface area contributed by atoms with E-state index in [-0.39, 0.29) is 0 Å². The monoisotopic (exact) mass is 194 g/mol. The summed E-state index contributed by atoms with van der Waals surface area (Å²) in [6, 6.07) is 8.70. The van der Waals surface area contributed by atoms with Crippen LogP contribution >= 0.6 is 11.8 Å². The molecule has 0 saturated heterocycles. The predicted molar refractivity (Wildman–Crippen MR) is 61.5 cm³/mol. The van der Waals surface area contributed by atoms with E-state index < -0.39 is 0 Å². The van der Waals surface area contributed by atoms with E-state index in [9.17, 15) is 0 Å². The van der Waals surface area contributed by atoms with E-state index in [4.69, 9.17) is 0 Å². The van der Waals surface area contributed by atoms with E-state index in [0.717, 1.165) is 0 Å². The van der Waals surface area contributed by atoms with E-state index in [2.05, 4.69) is 51.3 Å². The van der Waals surface area contributed by atoms with Gasteiger partial charge in [0.05, 0.1) is 0 Å². The molecule has 0 unspecified atom stereocenters. The zero-order valence-corrected chi connectivity index (χ0v) is 9.69. The second-order valence-electron chi connectivity index (χ2n) is 3.77. The van der Waals surface area contributed by atoms with Crippen LogP contribution in [0.5, 0.6) is 0 Å². The van der Waals surface area contributed by atoms with Gasteiger partial charge in [-0.3, -0.25) is 0 Å². The Bertz CT molecular complexity index is 266. The first-order chi connectivity index (χ1) is 6.16. The van der Waals surface area contributed by atoms with Crippen LogP contribution in [0.4, 0.5) is 0 Å². The van der Waals surface area contributed by atoms with Gasteiger partial charge in [0.2, 0.25) is 0 Å². The summed E-state index contributed by atoms with van der Waals surface area (Å²) < 4.78 is 0. The lowest BCUT2D eigenvalue weighted by Crippen LogP contribution is -2.03. The normalized spacial score (nSPS) is 13.3. The van der Waals surface area contributed by atoms with E-state index in [1.165, 1.54) is 10.5 Å². The fraction of sp³-hybridized carbons (Fsp3) is 0.500. The minimum atomic E-state index is 0.656. The minimum absolute atomic E-state index is 0.656. The third kappa shape index (κ3) is 2.50. The molecule has 72 valence electrons. The average Bonchev–Trinajstić information content (AvgIpc) is 2.16. The summed E-state index contributed by atoms with van der Waals surface area (Å²) in [6.07, 6.45) is 2.14. The number of thioether (sulfide) groups is 1. The van der Waals surface area contributed by atoms with Gasteiger partial charge in [0.15, 0.2) is 0 Å². The lowest BCUT2D eigenvalue weighted by atomic mass is 9.90. The van der Waals surface area contributed by atoms with E-state index in [0.29, 0.717) is 11.8 Å². The molecule has 1 aromatic carbocycles. The molecule has 1 aromatic rings. The van der Waals surface area contributed by atoms with E-state index in [1.54, 1.807) is 0 Å². The Morgan fingerprint density at radius 3 is 2.23 bits per heavy atom. The largest absolute Gasteiger partial charge is 0.129 e. The fourth-order valence-corrected chi connectivity index (χ4v) is 2.11. The average molecular weight is 194 g/mol. The third-order valence-electron chi connectivity index (χ3n) is 2.63. The van der Waals surface area contributed by atoms with Crippen molar-refractivity contribution in [1.82, 2.24) is 0 Å². The van der Waals surface area contributed by atoms with Crippen LogP contribution in [0.2, 0.25) is 0 Å². The number of hydrogen-bond donors (Lipinski definition) is 0. The first kappa shape index (κ1) is 10.6. The van der Waals surface area contributed by atoms with Crippen LogP contribution in [0, 0.1) is 5.92 Å². The molecule has 0 saturated carbocycles. The SMILES string of the molecule is CSc1ccccc1[C@@H](C)C(C)C. The summed E-state index contributed by atoms with van der Waals surface area (Å²) in [4.78, 5) is 1.42. The summed E-state index contributed by atoms with van der Waals surface area (Å²) in [5.74, 6) is 1.37. The molecule has 0 spiro atoms. The van der Waals surface area contributed by atoms with Crippen molar-refractivity contribution in [3.63, 3.8) is 0 Å². The first-order valence-corrected chi connectivity index (χ1v) is 6.02. The molecule has 0 fully saturated rings. The number of benzene rings is 1. The molecule has 0 radical (unpaired) electrons. The van der Waals surface area contributed by atoms with Gasteiger partial charge in [-0.2, -0.15) is 0 Å². The third-order valence-corrected chi connectivity index (χ3v) is 3.44. The van der Waals surface area contributed by atoms with Crippen molar-refractivity contribution < 1.29 is 0 Å². The molecule has 0 aliphatic rings. The van der Waals surface area contributed by atoms with Crippen molar-refractivity contribution in [2.75, 3.05) is 6.26 Å². The molecule has 1 heteroatoms. The van der Waals surface area contributed by atoms with Crippen LogP contribution in [-0.2, 0) is 0 Å². The molecule has 0 N–H and O–H groups in total. The summed E-state index contributed by atoms with van der Waals surface area (Å²) in [5.41, 5.74) is 1.49. The summed E-state index contributed by atoms with van der Waals surface area (Å²) in [6.45, 7) is 6.86. The smallest absolute Gasteiger partial charge is 0.0104 e. The molecule has 13 heavy (non-hydrogen) atoms. The van der Waals surface area contributed by atoms with Gasteiger partial charge in [-0.15, -0.1) is 11.8 Å². The Balaban J connectivity index is 2.98. The summed E-state index contributed by atoms with van der Waals surface area (Å²) in [5, 5.41) is 0. The van der Waals surface area contributed by atoms with Crippen LogP contribution in [0.3, 0.4) is 0 Å². The second-order valence-corrected chi connectivity index (χ2v) is 4.62. The van der Waals surface area contributed by atoms with Gasteiger partial charge in [-0.25, -0.2) is 0 Å². The van der Waals surface area contributed by atoms with Crippen molar-refractivity contribution >= 4 is 11.8 Å². The van der Waals surface area contributed by atoms with Gasteiger partial charge >= 0.3 is 0 Å². The van der Waals surface area contributed by atoms with Gasteiger partial charge in [0.25, 0.3) is 0 Å². The molecule has 0 nitrogen and oxygen atoms in total. The van der Waals surface area contributed by atoms with Crippen molar-refractivity contribution in [2.45, 2.75) is 31.6 Å².